The first-order valence-electron chi connectivity index (χ1n) is 9.61. The molecule has 1 heterocycles. The first kappa shape index (κ1) is 20.2. The van der Waals surface area contributed by atoms with E-state index in [1.165, 1.54) is 11.3 Å². The van der Waals surface area contributed by atoms with Gasteiger partial charge >= 0.3 is 12.1 Å². The molecule has 1 aromatic rings. The van der Waals surface area contributed by atoms with Crippen LogP contribution in [0.4, 0.5) is 13.2 Å². The molecular formula is C19H25F3N2O2S. The zero-order chi connectivity index (χ0) is 19.4. The maximum atomic E-state index is 13.4. The highest BCUT2D eigenvalue weighted by Gasteiger charge is 2.49. The molecule has 1 aromatic heterocycles. The predicted molar refractivity (Wildman–Crippen MR) is 97.2 cm³/mol. The molecule has 2 aliphatic carbocycles. The van der Waals surface area contributed by atoms with Crippen molar-refractivity contribution in [1.29, 1.82) is 0 Å². The van der Waals surface area contributed by atoms with Crippen LogP contribution in [0.1, 0.15) is 68.7 Å². The molecule has 1 N–H and O–H groups in total. The van der Waals surface area contributed by atoms with Gasteiger partial charge < -0.3 is 10.2 Å². The first-order chi connectivity index (χ1) is 12.9. The van der Waals surface area contributed by atoms with Crippen LogP contribution in [0.15, 0.2) is 17.5 Å². The van der Waals surface area contributed by atoms with Crippen molar-refractivity contribution < 1.29 is 22.8 Å². The topological polar surface area (TPSA) is 49.4 Å². The van der Waals surface area contributed by atoms with Gasteiger partial charge in [0.2, 0.25) is 5.91 Å². The van der Waals surface area contributed by atoms with Gasteiger partial charge in [-0.25, -0.2) is 0 Å². The number of amides is 2. The van der Waals surface area contributed by atoms with Crippen molar-refractivity contribution in [2.24, 2.45) is 0 Å². The largest absolute Gasteiger partial charge is 0.471 e. The smallest absolute Gasteiger partial charge is 0.351 e. The SMILES string of the molecule is O=C(NC1CCCC1)C(c1cccs1)N(C(=O)C(F)(F)F)C1CCCCC1. The molecule has 0 radical (unpaired) electrons. The Hall–Kier alpha value is -1.57. The van der Waals surface area contributed by atoms with E-state index in [9.17, 15) is 22.8 Å². The molecule has 2 saturated carbocycles. The van der Waals surface area contributed by atoms with Crippen LogP contribution in [0, 0.1) is 0 Å². The molecule has 1 unspecified atom stereocenters. The zero-order valence-electron chi connectivity index (χ0n) is 15.1. The number of halogens is 3. The highest BCUT2D eigenvalue weighted by atomic mass is 32.1. The Morgan fingerprint density at radius 3 is 2.26 bits per heavy atom. The molecular weight excluding hydrogens is 377 g/mol. The van der Waals surface area contributed by atoms with Crippen molar-refractivity contribution in [2.75, 3.05) is 0 Å². The summed E-state index contributed by atoms with van der Waals surface area (Å²) in [6.45, 7) is 0. The first-order valence-corrected chi connectivity index (χ1v) is 10.5. The van der Waals surface area contributed by atoms with Crippen LogP contribution >= 0.6 is 11.3 Å². The average Bonchev–Trinajstić information content (AvgIpc) is 3.32. The predicted octanol–water partition coefficient (Wildman–Crippen LogP) is 4.57. The monoisotopic (exact) mass is 402 g/mol. The van der Waals surface area contributed by atoms with Crippen LogP contribution in [0.5, 0.6) is 0 Å². The standard InChI is InChI=1S/C19H25F3N2O2S/c20-19(21,22)18(26)24(14-9-2-1-3-10-14)16(15-11-6-12-27-15)17(25)23-13-7-4-5-8-13/h6,11-14,16H,1-5,7-10H2,(H,23,25). The molecule has 0 saturated heterocycles. The Bertz CT molecular complexity index is 636. The van der Waals surface area contributed by atoms with E-state index in [1.54, 1.807) is 17.5 Å². The number of thiophene rings is 1. The number of carbonyl (C=O) groups excluding carboxylic acids is 2. The van der Waals surface area contributed by atoms with Crippen LogP contribution in [-0.2, 0) is 9.59 Å². The number of hydrogen-bond acceptors (Lipinski definition) is 3. The molecule has 8 heteroatoms. The molecule has 4 nitrogen and oxygen atoms in total. The summed E-state index contributed by atoms with van der Waals surface area (Å²) < 4.78 is 40.2. The van der Waals surface area contributed by atoms with Crippen LogP contribution in [0.25, 0.3) is 0 Å². The number of nitrogens with zero attached hydrogens (tertiary/aromatic N) is 1. The Morgan fingerprint density at radius 2 is 1.70 bits per heavy atom. The van der Waals surface area contributed by atoms with Crippen LogP contribution < -0.4 is 5.32 Å². The van der Waals surface area contributed by atoms with Gasteiger partial charge in [0.05, 0.1) is 0 Å². The molecule has 27 heavy (non-hydrogen) atoms. The van der Waals surface area contributed by atoms with Crippen molar-refractivity contribution in [3.05, 3.63) is 22.4 Å². The molecule has 0 spiro atoms. The number of carbonyl (C=O) groups is 2. The lowest BCUT2D eigenvalue weighted by atomic mass is 9.92. The summed E-state index contributed by atoms with van der Waals surface area (Å²) in [5.74, 6) is -2.40. The van der Waals surface area contributed by atoms with E-state index in [-0.39, 0.29) is 6.04 Å². The van der Waals surface area contributed by atoms with Crippen molar-refractivity contribution in [1.82, 2.24) is 10.2 Å². The van der Waals surface area contributed by atoms with Crippen molar-refractivity contribution >= 4 is 23.2 Å². The Balaban J connectivity index is 1.93. The maximum Gasteiger partial charge on any atom is 0.471 e. The van der Waals surface area contributed by atoms with Gasteiger partial charge in [-0.2, -0.15) is 13.2 Å². The fraction of sp³-hybridized carbons (Fsp3) is 0.684. The fourth-order valence-corrected chi connectivity index (χ4v) is 5.01. The number of hydrogen-bond donors (Lipinski definition) is 1. The molecule has 0 bridgehead atoms. The fourth-order valence-electron chi connectivity index (χ4n) is 4.19. The van der Waals surface area contributed by atoms with Gasteiger partial charge in [-0.3, -0.25) is 9.59 Å². The molecule has 3 rings (SSSR count). The molecule has 0 aliphatic heterocycles. The van der Waals surface area contributed by atoms with Crippen LogP contribution in [-0.4, -0.2) is 35.0 Å². The summed E-state index contributed by atoms with van der Waals surface area (Å²) in [5, 5.41) is 4.62. The van der Waals surface area contributed by atoms with E-state index in [2.05, 4.69) is 5.32 Å². The lowest BCUT2D eigenvalue weighted by molar-refractivity contribution is -0.192. The maximum absolute atomic E-state index is 13.4. The third-order valence-electron chi connectivity index (χ3n) is 5.49. The number of nitrogens with one attached hydrogen (secondary N) is 1. The third-order valence-corrected chi connectivity index (χ3v) is 6.41. The second kappa shape index (κ2) is 8.63. The van der Waals surface area contributed by atoms with Gasteiger partial charge in [0.25, 0.3) is 0 Å². The quantitative estimate of drug-likeness (QED) is 0.784. The van der Waals surface area contributed by atoms with Gasteiger partial charge in [-0.1, -0.05) is 38.2 Å². The van der Waals surface area contributed by atoms with Gasteiger partial charge in [0.15, 0.2) is 0 Å². The minimum Gasteiger partial charge on any atom is -0.351 e. The Labute approximate surface area is 161 Å². The van der Waals surface area contributed by atoms with E-state index < -0.39 is 30.1 Å². The van der Waals surface area contributed by atoms with E-state index >= 15 is 0 Å². The molecule has 1 atom stereocenters. The Morgan fingerprint density at radius 1 is 1.07 bits per heavy atom. The lowest BCUT2D eigenvalue weighted by Gasteiger charge is -2.39. The highest BCUT2D eigenvalue weighted by Crippen LogP contribution is 2.36. The van der Waals surface area contributed by atoms with Gasteiger partial charge in [-0.05, 0) is 37.1 Å². The van der Waals surface area contributed by atoms with Gasteiger partial charge in [0, 0.05) is 17.0 Å². The minimum atomic E-state index is -5.00. The number of rotatable bonds is 5. The highest BCUT2D eigenvalue weighted by molar-refractivity contribution is 7.10. The van der Waals surface area contributed by atoms with Crippen LogP contribution in [0.2, 0.25) is 0 Å². The normalized spacial score (nSPS) is 20.4. The molecule has 2 aliphatic rings. The number of alkyl halides is 3. The minimum absolute atomic E-state index is 0.0193. The summed E-state index contributed by atoms with van der Waals surface area (Å²) in [5.41, 5.74) is 0. The molecule has 2 fully saturated rings. The summed E-state index contributed by atoms with van der Waals surface area (Å²) in [6, 6.07) is 1.54. The van der Waals surface area contributed by atoms with Crippen molar-refractivity contribution in [3.8, 4) is 0 Å². The van der Waals surface area contributed by atoms with Gasteiger partial charge in [0.1, 0.15) is 6.04 Å². The summed E-state index contributed by atoms with van der Waals surface area (Å²) in [4.78, 5) is 26.7. The van der Waals surface area contributed by atoms with E-state index in [4.69, 9.17) is 0 Å². The summed E-state index contributed by atoms with van der Waals surface area (Å²) in [7, 11) is 0. The van der Waals surface area contributed by atoms with E-state index in [1.807, 2.05) is 0 Å². The van der Waals surface area contributed by atoms with E-state index in [0.29, 0.717) is 17.7 Å². The zero-order valence-corrected chi connectivity index (χ0v) is 16.0. The molecule has 2 amide bonds. The third kappa shape index (κ3) is 4.83. The molecule has 0 aromatic carbocycles. The van der Waals surface area contributed by atoms with E-state index in [0.717, 1.165) is 49.8 Å². The summed E-state index contributed by atoms with van der Waals surface area (Å²) >= 11 is 1.22. The molecule has 150 valence electrons. The second-order valence-corrected chi connectivity index (χ2v) is 8.39. The summed E-state index contributed by atoms with van der Waals surface area (Å²) in [6.07, 6.45) is 2.16. The van der Waals surface area contributed by atoms with Crippen LogP contribution in [0.3, 0.4) is 0 Å². The second-order valence-electron chi connectivity index (χ2n) is 7.41. The van der Waals surface area contributed by atoms with Crippen molar-refractivity contribution in [2.45, 2.75) is 82.1 Å². The average molecular weight is 402 g/mol. The Kier molecular flexibility index (Phi) is 6.44. The van der Waals surface area contributed by atoms with Crippen molar-refractivity contribution in [3.63, 3.8) is 0 Å². The lowest BCUT2D eigenvalue weighted by Crippen LogP contribution is -2.54. The van der Waals surface area contributed by atoms with Gasteiger partial charge in [-0.15, -0.1) is 11.3 Å².